The largest absolute Gasteiger partial charge is 0.451 e. The fourth-order valence-electron chi connectivity index (χ4n) is 3.36. The highest BCUT2D eigenvalue weighted by molar-refractivity contribution is 6.03. The Hall–Kier alpha value is -3.08. The van der Waals surface area contributed by atoms with E-state index in [1.54, 1.807) is 24.3 Å². The second-order valence-corrected chi connectivity index (χ2v) is 6.62. The molecule has 0 bridgehead atoms. The molecule has 0 radical (unpaired) electrons. The maximum atomic E-state index is 12.5. The molecule has 0 saturated carbocycles. The topological polar surface area (TPSA) is 62.6 Å². The molecule has 2 aromatic carbocycles. The highest BCUT2D eigenvalue weighted by atomic mass is 16.3. The van der Waals surface area contributed by atoms with E-state index in [2.05, 4.69) is 16.3 Å². The number of fused-ring (bicyclic) bond motifs is 1. The van der Waals surface area contributed by atoms with Gasteiger partial charge in [-0.2, -0.15) is 0 Å². The lowest BCUT2D eigenvalue weighted by Crippen LogP contribution is -2.18. The molecule has 4 rings (SSSR count). The summed E-state index contributed by atoms with van der Waals surface area (Å²) in [6.07, 6.45) is 2.44. The quantitative estimate of drug-likeness (QED) is 0.778. The van der Waals surface area contributed by atoms with Crippen LogP contribution in [0.2, 0.25) is 0 Å². The Morgan fingerprint density at radius 2 is 1.85 bits per heavy atom. The molecule has 3 aromatic rings. The molecule has 1 aromatic heterocycles. The molecule has 26 heavy (non-hydrogen) atoms. The Morgan fingerprint density at radius 3 is 2.62 bits per heavy atom. The highest BCUT2D eigenvalue weighted by Gasteiger charge is 2.16. The fraction of sp³-hybridized carbons (Fsp3) is 0.238. The van der Waals surface area contributed by atoms with E-state index in [-0.39, 0.29) is 11.2 Å². The van der Waals surface area contributed by atoms with Gasteiger partial charge in [-0.05, 0) is 55.7 Å². The number of nitrogens with zero attached hydrogens (tertiary/aromatic N) is 1. The summed E-state index contributed by atoms with van der Waals surface area (Å²) in [6.45, 7) is 4.12. The van der Waals surface area contributed by atoms with E-state index < -0.39 is 5.91 Å². The summed E-state index contributed by atoms with van der Waals surface area (Å²) < 4.78 is 5.60. The number of carbonyl (C=O) groups is 1. The average molecular weight is 348 g/mol. The molecule has 0 unspecified atom stereocenters. The number of benzene rings is 2. The Labute approximate surface area is 151 Å². The van der Waals surface area contributed by atoms with E-state index in [4.69, 9.17) is 4.42 Å². The summed E-state index contributed by atoms with van der Waals surface area (Å²) in [7, 11) is 0. The molecule has 0 aliphatic carbocycles. The van der Waals surface area contributed by atoms with Crippen molar-refractivity contribution in [3.05, 3.63) is 70.1 Å². The van der Waals surface area contributed by atoms with Gasteiger partial charge in [0.05, 0.1) is 5.39 Å². The van der Waals surface area contributed by atoms with Gasteiger partial charge in [0.1, 0.15) is 5.58 Å². The van der Waals surface area contributed by atoms with Crippen molar-refractivity contribution in [2.45, 2.75) is 19.8 Å². The molecule has 0 spiro atoms. The van der Waals surface area contributed by atoms with Gasteiger partial charge in [-0.15, -0.1) is 0 Å². The van der Waals surface area contributed by atoms with Gasteiger partial charge in [0.15, 0.2) is 11.2 Å². The van der Waals surface area contributed by atoms with E-state index in [9.17, 15) is 9.59 Å². The third kappa shape index (κ3) is 3.08. The molecule has 132 valence electrons. The summed E-state index contributed by atoms with van der Waals surface area (Å²) in [5.74, 6) is -0.415. The van der Waals surface area contributed by atoms with Gasteiger partial charge in [-0.25, -0.2) is 0 Å². The maximum Gasteiger partial charge on any atom is 0.291 e. The smallest absolute Gasteiger partial charge is 0.291 e. The van der Waals surface area contributed by atoms with Crippen molar-refractivity contribution in [2.24, 2.45) is 0 Å². The lowest BCUT2D eigenvalue weighted by atomic mass is 10.1. The Kier molecular flexibility index (Phi) is 4.21. The van der Waals surface area contributed by atoms with Crippen molar-refractivity contribution in [3.63, 3.8) is 0 Å². The minimum Gasteiger partial charge on any atom is -0.451 e. The number of para-hydroxylation sites is 1. The van der Waals surface area contributed by atoms with Gasteiger partial charge in [0.25, 0.3) is 5.91 Å². The third-order valence-corrected chi connectivity index (χ3v) is 4.79. The van der Waals surface area contributed by atoms with Crippen LogP contribution in [0.3, 0.4) is 0 Å². The van der Waals surface area contributed by atoms with Gasteiger partial charge >= 0.3 is 0 Å². The van der Waals surface area contributed by atoms with Crippen molar-refractivity contribution in [3.8, 4) is 0 Å². The van der Waals surface area contributed by atoms with Crippen molar-refractivity contribution >= 4 is 28.3 Å². The van der Waals surface area contributed by atoms with Gasteiger partial charge in [0.2, 0.25) is 0 Å². The molecular weight excluding hydrogens is 328 g/mol. The molecule has 0 atom stereocenters. The van der Waals surface area contributed by atoms with Crippen LogP contribution in [0, 0.1) is 6.92 Å². The molecule has 1 fully saturated rings. The third-order valence-electron chi connectivity index (χ3n) is 4.79. The number of carbonyl (C=O) groups excluding carboxylic acids is 1. The Balaban J connectivity index is 1.59. The minimum atomic E-state index is -0.426. The summed E-state index contributed by atoms with van der Waals surface area (Å²) in [5.41, 5.74) is 3.05. The monoisotopic (exact) mass is 348 g/mol. The highest BCUT2D eigenvalue weighted by Crippen LogP contribution is 2.26. The van der Waals surface area contributed by atoms with Crippen LogP contribution >= 0.6 is 0 Å². The number of amides is 1. The summed E-state index contributed by atoms with van der Waals surface area (Å²) in [4.78, 5) is 27.1. The molecule has 1 amide bonds. The predicted molar refractivity (Wildman–Crippen MR) is 103 cm³/mol. The van der Waals surface area contributed by atoms with Crippen LogP contribution in [0.5, 0.6) is 0 Å². The first kappa shape index (κ1) is 16.4. The van der Waals surface area contributed by atoms with Crippen molar-refractivity contribution in [2.75, 3.05) is 23.3 Å². The van der Waals surface area contributed by atoms with E-state index in [0.717, 1.165) is 18.7 Å². The average Bonchev–Trinajstić information content (AvgIpc) is 3.18. The standard InChI is InChI=1S/C21H20N2O3/c1-14-12-15(23-10-4-5-11-23)8-9-17(14)22-21(25)20-13-18(24)16-6-2-3-7-19(16)26-20/h2-3,6-9,12-13H,4-5,10-11H2,1H3,(H,22,25). The molecular formula is C21H20N2O3. The second-order valence-electron chi connectivity index (χ2n) is 6.62. The Bertz CT molecular complexity index is 1030. The lowest BCUT2D eigenvalue weighted by Gasteiger charge is -2.19. The van der Waals surface area contributed by atoms with E-state index in [0.29, 0.717) is 16.7 Å². The first-order chi connectivity index (χ1) is 12.6. The van der Waals surface area contributed by atoms with Crippen LogP contribution < -0.4 is 15.6 Å². The van der Waals surface area contributed by atoms with Crippen LogP contribution in [-0.2, 0) is 0 Å². The second kappa shape index (κ2) is 6.67. The molecule has 1 saturated heterocycles. The number of hydrogen-bond donors (Lipinski definition) is 1. The zero-order valence-corrected chi connectivity index (χ0v) is 14.6. The van der Waals surface area contributed by atoms with Gasteiger partial charge < -0.3 is 14.6 Å². The zero-order chi connectivity index (χ0) is 18.1. The fourth-order valence-corrected chi connectivity index (χ4v) is 3.36. The number of nitrogens with one attached hydrogen (secondary N) is 1. The van der Waals surface area contributed by atoms with Crippen LogP contribution in [0.1, 0.15) is 29.0 Å². The number of rotatable bonds is 3. The van der Waals surface area contributed by atoms with Crippen LogP contribution in [0.4, 0.5) is 11.4 Å². The molecule has 1 N–H and O–H groups in total. The Morgan fingerprint density at radius 1 is 1.08 bits per heavy atom. The zero-order valence-electron chi connectivity index (χ0n) is 14.6. The maximum absolute atomic E-state index is 12.5. The molecule has 1 aliphatic rings. The molecule has 1 aliphatic heterocycles. The summed E-state index contributed by atoms with van der Waals surface area (Å²) in [5, 5.41) is 3.31. The molecule has 2 heterocycles. The van der Waals surface area contributed by atoms with Crippen molar-refractivity contribution < 1.29 is 9.21 Å². The molecule has 5 heteroatoms. The number of aryl methyl sites for hydroxylation is 1. The van der Waals surface area contributed by atoms with Crippen molar-refractivity contribution in [1.29, 1.82) is 0 Å². The van der Waals surface area contributed by atoms with Crippen LogP contribution in [0.15, 0.2) is 57.7 Å². The number of hydrogen-bond acceptors (Lipinski definition) is 4. The normalized spacial score (nSPS) is 14.0. The van der Waals surface area contributed by atoms with E-state index in [1.165, 1.54) is 24.6 Å². The molecule has 5 nitrogen and oxygen atoms in total. The van der Waals surface area contributed by atoms with E-state index >= 15 is 0 Å². The predicted octanol–water partition coefficient (Wildman–Crippen LogP) is 3.95. The van der Waals surface area contributed by atoms with Crippen LogP contribution in [0.25, 0.3) is 11.0 Å². The first-order valence-corrected chi connectivity index (χ1v) is 8.82. The first-order valence-electron chi connectivity index (χ1n) is 8.82. The number of anilines is 2. The van der Waals surface area contributed by atoms with Gasteiger partial charge in [0, 0.05) is 30.5 Å². The summed E-state index contributed by atoms with van der Waals surface area (Å²) in [6, 6.07) is 14.2. The van der Waals surface area contributed by atoms with Crippen molar-refractivity contribution in [1.82, 2.24) is 0 Å². The van der Waals surface area contributed by atoms with Crippen LogP contribution in [-0.4, -0.2) is 19.0 Å². The van der Waals surface area contributed by atoms with E-state index in [1.807, 2.05) is 19.1 Å². The van der Waals surface area contributed by atoms with Gasteiger partial charge in [-0.1, -0.05) is 12.1 Å². The lowest BCUT2D eigenvalue weighted by molar-refractivity contribution is 0.0997. The summed E-state index contributed by atoms with van der Waals surface area (Å²) >= 11 is 0. The SMILES string of the molecule is Cc1cc(N2CCCC2)ccc1NC(=O)c1cc(=O)c2ccccc2o1. The van der Waals surface area contributed by atoms with Gasteiger partial charge in [-0.3, -0.25) is 9.59 Å². The minimum absolute atomic E-state index is 0.0109.